The van der Waals surface area contributed by atoms with Crippen LogP contribution in [0.2, 0.25) is 0 Å². The van der Waals surface area contributed by atoms with Gasteiger partial charge in [0.15, 0.2) is 6.17 Å². The van der Waals surface area contributed by atoms with Gasteiger partial charge in [0, 0.05) is 5.56 Å². The Hall–Kier alpha value is -1.12. The first-order valence-corrected chi connectivity index (χ1v) is 3.33. The zero-order chi connectivity index (χ0) is 7.84. The van der Waals surface area contributed by atoms with Gasteiger partial charge in [0.25, 0.3) is 6.36 Å². The van der Waals surface area contributed by atoms with Gasteiger partial charge in [-0.05, 0) is 6.07 Å². The van der Waals surface area contributed by atoms with Gasteiger partial charge in [0.05, 0.1) is 0 Å². The summed E-state index contributed by atoms with van der Waals surface area (Å²) in [7, 11) is 0. The molecule has 11 heavy (non-hydrogen) atoms. The van der Waals surface area contributed by atoms with E-state index >= 15 is 0 Å². The van der Waals surface area contributed by atoms with E-state index in [0.717, 1.165) is 0 Å². The van der Waals surface area contributed by atoms with Gasteiger partial charge in [-0.3, -0.25) is 0 Å². The van der Waals surface area contributed by atoms with Crippen molar-refractivity contribution in [2.75, 3.05) is 0 Å². The Morgan fingerprint density at radius 3 is 2.64 bits per heavy atom. The van der Waals surface area contributed by atoms with Crippen LogP contribution in [0.15, 0.2) is 24.3 Å². The molecule has 0 amide bonds. The van der Waals surface area contributed by atoms with Crippen molar-refractivity contribution in [3.8, 4) is 5.75 Å². The van der Waals surface area contributed by atoms with Crippen molar-refractivity contribution in [1.29, 1.82) is 0 Å². The Morgan fingerprint density at radius 2 is 1.91 bits per heavy atom. The van der Waals surface area contributed by atoms with Crippen LogP contribution >= 0.6 is 0 Å². The molecule has 58 valence electrons. The van der Waals surface area contributed by atoms with Crippen LogP contribution in [0.4, 0.5) is 8.78 Å². The Bertz CT molecular complexity index is 275. The van der Waals surface area contributed by atoms with Gasteiger partial charge in [0.2, 0.25) is 0 Å². The second-order valence-electron chi connectivity index (χ2n) is 2.41. The van der Waals surface area contributed by atoms with Crippen LogP contribution in [0.3, 0.4) is 0 Å². The maximum absolute atomic E-state index is 12.8. The summed E-state index contributed by atoms with van der Waals surface area (Å²) in [4.78, 5) is 0. The lowest BCUT2D eigenvalue weighted by atomic mass is 10.1. The highest BCUT2D eigenvalue weighted by molar-refractivity contribution is 5.38. The first-order chi connectivity index (χ1) is 5.29. The van der Waals surface area contributed by atoms with Gasteiger partial charge in [-0.1, -0.05) is 18.2 Å². The summed E-state index contributed by atoms with van der Waals surface area (Å²) in [6.07, 6.45) is -3.45. The first-order valence-electron chi connectivity index (χ1n) is 3.33. The molecule has 1 heterocycles. The lowest BCUT2D eigenvalue weighted by Gasteiger charge is -1.99. The number of halogens is 2. The molecule has 1 aromatic carbocycles. The molecule has 0 unspecified atom stereocenters. The number of hydrogen-bond donors (Lipinski definition) is 0. The molecule has 3 heteroatoms. The molecular formula is C8H6F2O. The molecule has 0 saturated carbocycles. The normalized spacial score (nSPS) is 27.8. The van der Waals surface area contributed by atoms with Crippen molar-refractivity contribution in [3.63, 3.8) is 0 Å². The van der Waals surface area contributed by atoms with E-state index in [1.807, 2.05) is 0 Å². The van der Waals surface area contributed by atoms with Crippen molar-refractivity contribution in [1.82, 2.24) is 0 Å². The van der Waals surface area contributed by atoms with E-state index in [4.69, 9.17) is 0 Å². The molecule has 1 aromatic rings. The zero-order valence-electron chi connectivity index (χ0n) is 5.63. The fraction of sp³-hybridized carbons (Fsp3) is 0.250. The highest BCUT2D eigenvalue weighted by atomic mass is 19.2. The molecule has 1 aliphatic rings. The maximum atomic E-state index is 12.8. The summed E-state index contributed by atoms with van der Waals surface area (Å²) in [5.41, 5.74) is 0.306. The standard InChI is InChI=1S/C8H6F2O/c9-7-5-3-1-2-4-6(5)11-8(7)10/h1-4,7-8H/t7-,8-/m1/s1. The van der Waals surface area contributed by atoms with E-state index in [-0.39, 0.29) is 0 Å². The van der Waals surface area contributed by atoms with E-state index in [1.54, 1.807) is 18.2 Å². The minimum atomic E-state index is -1.83. The van der Waals surface area contributed by atoms with Crippen molar-refractivity contribution in [2.45, 2.75) is 12.5 Å². The molecular weight excluding hydrogens is 150 g/mol. The average Bonchev–Trinajstić information content (AvgIpc) is 2.30. The van der Waals surface area contributed by atoms with Crippen LogP contribution < -0.4 is 4.74 Å². The van der Waals surface area contributed by atoms with Crippen LogP contribution in [0.25, 0.3) is 0 Å². The molecule has 1 nitrogen and oxygen atoms in total. The molecule has 0 saturated heterocycles. The predicted octanol–water partition coefficient (Wildman–Crippen LogP) is 2.39. The van der Waals surface area contributed by atoms with E-state index in [9.17, 15) is 8.78 Å². The molecule has 0 N–H and O–H groups in total. The Kier molecular flexibility index (Phi) is 1.31. The summed E-state index contributed by atoms with van der Waals surface area (Å²) < 4.78 is 29.9. The van der Waals surface area contributed by atoms with Crippen molar-refractivity contribution in [2.24, 2.45) is 0 Å². The summed E-state index contributed by atoms with van der Waals surface area (Å²) in [6.45, 7) is 0. The van der Waals surface area contributed by atoms with E-state index < -0.39 is 12.5 Å². The molecule has 0 fully saturated rings. The molecule has 0 spiro atoms. The van der Waals surface area contributed by atoms with Crippen LogP contribution in [0.5, 0.6) is 5.75 Å². The third-order valence-electron chi connectivity index (χ3n) is 1.69. The van der Waals surface area contributed by atoms with Gasteiger partial charge in [0.1, 0.15) is 5.75 Å². The van der Waals surface area contributed by atoms with Crippen molar-refractivity contribution >= 4 is 0 Å². The van der Waals surface area contributed by atoms with Crippen LogP contribution in [0.1, 0.15) is 11.7 Å². The minimum Gasteiger partial charge on any atom is -0.456 e. The maximum Gasteiger partial charge on any atom is 0.273 e. The lowest BCUT2D eigenvalue weighted by Crippen LogP contribution is -2.07. The molecule has 0 aromatic heterocycles. The molecule has 0 bridgehead atoms. The minimum absolute atomic E-state index is 0.306. The van der Waals surface area contributed by atoms with E-state index in [1.165, 1.54) is 6.07 Å². The molecule has 2 atom stereocenters. The number of hydrogen-bond acceptors (Lipinski definition) is 1. The van der Waals surface area contributed by atoms with Gasteiger partial charge in [-0.25, -0.2) is 4.39 Å². The second kappa shape index (κ2) is 2.19. The Labute approximate surface area is 62.6 Å². The SMILES string of the molecule is F[C@@H]1Oc2ccccc2[C@H]1F. The molecule has 0 aliphatic carbocycles. The third kappa shape index (κ3) is 0.878. The summed E-state index contributed by atoms with van der Waals surface area (Å²) in [6, 6.07) is 6.43. The highest BCUT2D eigenvalue weighted by Crippen LogP contribution is 2.39. The smallest absolute Gasteiger partial charge is 0.273 e. The largest absolute Gasteiger partial charge is 0.456 e. The Morgan fingerprint density at radius 1 is 1.18 bits per heavy atom. The molecule has 1 aliphatic heterocycles. The van der Waals surface area contributed by atoms with Crippen LogP contribution in [0, 0.1) is 0 Å². The number of alkyl halides is 2. The van der Waals surface area contributed by atoms with E-state index in [0.29, 0.717) is 11.3 Å². The second-order valence-corrected chi connectivity index (χ2v) is 2.41. The highest BCUT2D eigenvalue weighted by Gasteiger charge is 2.33. The molecule has 0 radical (unpaired) electrons. The third-order valence-corrected chi connectivity index (χ3v) is 1.69. The van der Waals surface area contributed by atoms with Crippen LogP contribution in [-0.4, -0.2) is 6.36 Å². The summed E-state index contributed by atoms with van der Waals surface area (Å²) >= 11 is 0. The van der Waals surface area contributed by atoms with Crippen molar-refractivity contribution in [3.05, 3.63) is 29.8 Å². The first kappa shape index (κ1) is 6.58. The van der Waals surface area contributed by atoms with Gasteiger partial charge < -0.3 is 4.74 Å². The summed E-state index contributed by atoms with van der Waals surface area (Å²) in [5, 5.41) is 0. The number of ether oxygens (including phenoxy) is 1. The number of para-hydroxylation sites is 1. The number of benzene rings is 1. The fourth-order valence-electron chi connectivity index (χ4n) is 1.14. The summed E-state index contributed by atoms with van der Waals surface area (Å²) in [5.74, 6) is 0.313. The van der Waals surface area contributed by atoms with Gasteiger partial charge in [-0.15, -0.1) is 0 Å². The average molecular weight is 156 g/mol. The topological polar surface area (TPSA) is 9.23 Å². The zero-order valence-corrected chi connectivity index (χ0v) is 5.63. The van der Waals surface area contributed by atoms with Crippen LogP contribution in [-0.2, 0) is 0 Å². The quantitative estimate of drug-likeness (QED) is 0.560. The predicted molar refractivity (Wildman–Crippen MR) is 35.8 cm³/mol. The Balaban J connectivity index is 2.47. The van der Waals surface area contributed by atoms with Gasteiger partial charge >= 0.3 is 0 Å². The van der Waals surface area contributed by atoms with E-state index in [2.05, 4.69) is 4.74 Å². The number of fused-ring (bicyclic) bond motifs is 1. The fourth-order valence-corrected chi connectivity index (χ4v) is 1.14. The monoisotopic (exact) mass is 156 g/mol. The number of rotatable bonds is 0. The van der Waals surface area contributed by atoms with Crippen molar-refractivity contribution < 1.29 is 13.5 Å². The van der Waals surface area contributed by atoms with Gasteiger partial charge in [-0.2, -0.15) is 4.39 Å². The molecule has 2 rings (SSSR count). The lowest BCUT2D eigenvalue weighted by molar-refractivity contribution is 0.0216.